The van der Waals surface area contributed by atoms with E-state index >= 15 is 0 Å². The van der Waals surface area contributed by atoms with Crippen LogP contribution >= 0.6 is 11.3 Å². The van der Waals surface area contributed by atoms with E-state index in [2.05, 4.69) is 10.1 Å². The molecule has 92 valence electrons. The van der Waals surface area contributed by atoms with Crippen molar-refractivity contribution in [3.8, 4) is 22.8 Å². The van der Waals surface area contributed by atoms with Gasteiger partial charge in [-0.1, -0.05) is 5.16 Å². The quantitative estimate of drug-likeness (QED) is 0.766. The van der Waals surface area contributed by atoms with Crippen LogP contribution in [-0.4, -0.2) is 10.1 Å². The molecule has 3 aromatic rings. The van der Waals surface area contributed by atoms with Crippen molar-refractivity contribution < 1.29 is 8.94 Å². The van der Waals surface area contributed by atoms with Crippen molar-refractivity contribution in [2.24, 2.45) is 0 Å². The summed E-state index contributed by atoms with van der Waals surface area (Å²) in [4.78, 5) is 5.50. The summed E-state index contributed by atoms with van der Waals surface area (Å²) in [6, 6.07) is 1.78. The molecular formula is C12H11N3O2S. The maximum atomic E-state index is 5.97. The van der Waals surface area contributed by atoms with Gasteiger partial charge in [0.25, 0.3) is 5.89 Å². The minimum Gasteiger partial charge on any atom is -0.472 e. The van der Waals surface area contributed by atoms with E-state index in [4.69, 9.17) is 14.7 Å². The Hall–Kier alpha value is -2.08. The normalized spacial score (nSPS) is 11.0. The number of aromatic nitrogens is 2. The van der Waals surface area contributed by atoms with Crippen LogP contribution in [0.2, 0.25) is 0 Å². The number of hydrogen-bond donors (Lipinski definition) is 1. The van der Waals surface area contributed by atoms with Crippen molar-refractivity contribution in [3.05, 3.63) is 29.0 Å². The van der Waals surface area contributed by atoms with E-state index in [1.165, 1.54) is 11.3 Å². The van der Waals surface area contributed by atoms with Gasteiger partial charge in [0.1, 0.15) is 6.26 Å². The van der Waals surface area contributed by atoms with Crippen molar-refractivity contribution in [1.82, 2.24) is 10.1 Å². The second kappa shape index (κ2) is 3.99. The van der Waals surface area contributed by atoms with E-state index in [1.807, 2.05) is 13.8 Å². The highest BCUT2D eigenvalue weighted by atomic mass is 32.1. The van der Waals surface area contributed by atoms with E-state index in [9.17, 15) is 0 Å². The Labute approximate surface area is 107 Å². The lowest BCUT2D eigenvalue weighted by atomic mass is 10.1. The summed E-state index contributed by atoms with van der Waals surface area (Å²) < 4.78 is 10.3. The maximum Gasteiger partial charge on any atom is 0.261 e. The van der Waals surface area contributed by atoms with Gasteiger partial charge in [-0.2, -0.15) is 4.98 Å². The topological polar surface area (TPSA) is 78.1 Å². The molecule has 2 N–H and O–H groups in total. The van der Waals surface area contributed by atoms with Gasteiger partial charge in [0.05, 0.1) is 22.4 Å². The summed E-state index contributed by atoms with van der Waals surface area (Å²) in [6.07, 6.45) is 3.14. The van der Waals surface area contributed by atoms with Crippen molar-refractivity contribution in [2.75, 3.05) is 5.73 Å². The van der Waals surface area contributed by atoms with Gasteiger partial charge in [-0.25, -0.2) is 0 Å². The molecule has 0 fully saturated rings. The Morgan fingerprint density at radius 2 is 2.17 bits per heavy atom. The van der Waals surface area contributed by atoms with Gasteiger partial charge in [0.15, 0.2) is 0 Å². The van der Waals surface area contributed by atoms with E-state index < -0.39 is 0 Å². The molecule has 3 rings (SSSR count). The summed E-state index contributed by atoms with van der Waals surface area (Å²) in [7, 11) is 0. The third-order valence-corrected chi connectivity index (χ3v) is 3.87. The van der Waals surface area contributed by atoms with Crippen LogP contribution < -0.4 is 5.73 Å². The molecule has 0 aliphatic heterocycles. The van der Waals surface area contributed by atoms with Crippen molar-refractivity contribution >= 4 is 16.3 Å². The standard InChI is InChI=1S/C12H11N3O2S/c1-6-7(2)18-10(13)9(6)12-14-11(15-17-12)8-3-4-16-5-8/h3-5H,13H2,1-2H3. The number of nitrogens with two attached hydrogens (primary N) is 1. The predicted molar refractivity (Wildman–Crippen MR) is 69.2 cm³/mol. The number of thiophene rings is 1. The van der Waals surface area contributed by atoms with Crippen LogP contribution in [0, 0.1) is 13.8 Å². The number of aryl methyl sites for hydroxylation is 1. The third-order valence-electron chi connectivity index (χ3n) is 2.83. The molecule has 18 heavy (non-hydrogen) atoms. The highest BCUT2D eigenvalue weighted by Crippen LogP contribution is 2.37. The molecule has 0 spiro atoms. The predicted octanol–water partition coefficient (Wildman–Crippen LogP) is 3.26. The Bertz CT molecular complexity index is 682. The van der Waals surface area contributed by atoms with E-state index in [0.29, 0.717) is 16.7 Å². The van der Waals surface area contributed by atoms with Crippen LogP contribution in [0.15, 0.2) is 27.5 Å². The van der Waals surface area contributed by atoms with Crippen LogP contribution in [-0.2, 0) is 0 Å². The zero-order chi connectivity index (χ0) is 12.7. The molecule has 0 bridgehead atoms. The van der Waals surface area contributed by atoms with Gasteiger partial charge in [-0.15, -0.1) is 11.3 Å². The van der Waals surface area contributed by atoms with Crippen LogP contribution in [0.5, 0.6) is 0 Å². The smallest absolute Gasteiger partial charge is 0.261 e. The second-order valence-electron chi connectivity index (χ2n) is 3.96. The number of furan rings is 1. The average molecular weight is 261 g/mol. The first-order valence-corrected chi connectivity index (χ1v) is 6.20. The maximum absolute atomic E-state index is 5.97. The highest BCUT2D eigenvalue weighted by molar-refractivity contribution is 7.16. The summed E-state index contributed by atoms with van der Waals surface area (Å²) in [5.74, 6) is 0.951. The van der Waals surface area contributed by atoms with Gasteiger partial charge in [-0.05, 0) is 25.5 Å². The van der Waals surface area contributed by atoms with Gasteiger partial charge < -0.3 is 14.7 Å². The average Bonchev–Trinajstić information content (AvgIpc) is 3.01. The third kappa shape index (κ3) is 1.62. The molecule has 0 aromatic carbocycles. The first-order valence-electron chi connectivity index (χ1n) is 5.39. The van der Waals surface area contributed by atoms with E-state index in [1.54, 1.807) is 18.6 Å². The molecular weight excluding hydrogens is 250 g/mol. The van der Waals surface area contributed by atoms with Crippen molar-refractivity contribution in [1.29, 1.82) is 0 Å². The molecule has 0 radical (unpaired) electrons. The van der Waals surface area contributed by atoms with Crippen LogP contribution in [0.1, 0.15) is 10.4 Å². The lowest BCUT2D eigenvalue weighted by Crippen LogP contribution is -1.86. The Morgan fingerprint density at radius 3 is 2.78 bits per heavy atom. The van der Waals surface area contributed by atoms with E-state index in [0.717, 1.165) is 21.6 Å². The first kappa shape index (κ1) is 11.0. The molecule has 0 atom stereocenters. The Morgan fingerprint density at radius 1 is 1.33 bits per heavy atom. The zero-order valence-electron chi connectivity index (χ0n) is 9.93. The molecule has 3 aromatic heterocycles. The fraction of sp³-hybridized carbons (Fsp3) is 0.167. The van der Waals surface area contributed by atoms with Gasteiger partial charge in [0, 0.05) is 4.88 Å². The zero-order valence-corrected chi connectivity index (χ0v) is 10.7. The molecule has 3 heterocycles. The van der Waals surface area contributed by atoms with Gasteiger partial charge >= 0.3 is 0 Å². The molecule has 0 aliphatic carbocycles. The minimum absolute atomic E-state index is 0.450. The first-order chi connectivity index (χ1) is 8.66. The molecule has 5 nitrogen and oxygen atoms in total. The molecule has 0 aliphatic rings. The Balaban J connectivity index is 2.08. The largest absolute Gasteiger partial charge is 0.472 e. The minimum atomic E-state index is 0.450. The molecule has 0 saturated heterocycles. The fourth-order valence-electron chi connectivity index (χ4n) is 1.75. The van der Waals surface area contributed by atoms with Crippen LogP contribution in [0.4, 0.5) is 5.00 Å². The summed E-state index contributed by atoms with van der Waals surface area (Å²) in [5.41, 5.74) is 8.68. The highest BCUT2D eigenvalue weighted by Gasteiger charge is 2.19. The monoisotopic (exact) mass is 261 g/mol. The number of nitrogens with zero attached hydrogens (tertiary/aromatic N) is 2. The van der Waals surface area contributed by atoms with Crippen molar-refractivity contribution in [2.45, 2.75) is 13.8 Å². The van der Waals surface area contributed by atoms with Crippen LogP contribution in [0.3, 0.4) is 0 Å². The van der Waals surface area contributed by atoms with E-state index in [-0.39, 0.29) is 0 Å². The van der Waals surface area contributed by atoms with Crippen molar-refractivity contribution in [3.63, 3.8) is 0 Å². The number of nitrogen functional groups attached to an aromatic ring is 1. The lowest BCUT2D eigenvalue weighted by Gasteiger charge is -1.94. The van der Waals surface area contributed by atoms with Gasteiger partial charge in [0.2, 0.25) is 5.82 Å². The molecule has 0 saturated carbocycles. The summed E-state index contributed by atoms with van der Waals surface area (Å²) >= 11 is 1.53. The SMILES string of the molecule is Cc1sc(N)c(-c2nc(-c3ccoc3)no2)c1C. The molecule has 6 heteroatoms. The number of hydrogen-bond acceptors (Lipinski definition) is 6. The second-order valence-corrected chi connectivity index (χ2v) is 5.21. The number of rotatable bonds is 2. The summed E-state index contributed by atoms with van der Waals surface area (Å²) in [5, 5.41) is 4.63. The number of anilines is 1. The lowest BCUT2D eigenvalue weighted by molar-refractivity contribution is 0.432. The molecule has 0 unspecified atom stereocenters. The van der Waals surface area contributed by atoms with Gasteiger partial charge in [-0.3, -0.25) is 0 Å². The summed E-state index contributed by atoms with van der Waals surface area (Å²) in [6.45, 7) is 4.02. The molecule has 0 amide bonds. The Kier molecular flexibility index (Phi) is 2.45. The van der Waals surface area contributed by atoms with Crippen LogP contribution in [0.25, 0.3) is 22.8 Å². The fourth-order valence-corrected chi connectivity index (χ4v) is 2.68.